The summed E-state index contributed by atoms with van der Waals surface area (Å²) in [4.78, 5) is 2.81. The van der Waals surface area contributed by atoms with E-state index in [9.17, 15) is 0 Å². The Morgan fingerprint density at radius 3 is 2.58 bits per heavy atom. The third kappa shape index (κ3) is 7.09. The first-order chi connectivity index (χ1) is 8.99. The largest absolute Gasteiger partial charge is 0.377 e. The summed E-state index contributed by atoms with van der Waals surface area (Å²) in [6.45, 7) is 14.8. The van der Waals surface area contributed by atoms with Crippen molar-refractivity contribution in [2.75, 3.05) is 13.2 Å². The van der Waals surface area contributed by atoms with Crippen LogP contribution >= 0.6 is 11.3 Å². The quantitative estimate of drug-likeness (QED) is 0.680. The summed E-state index contributed by atoms with van der Waals surface area (Å²) in [5.74, 6) is 1.43. The molecule has 0 bridgehead atoms. The molecule has 2 nitrogen and oxygen atoms in total. The van der Waals surface area contributed by atoms with Gasteiger partial charge >= 0.3 is 0 Å². The van der Waals surface area contributed by atoms with Crippen LogP contribution in [0.4, 0.5) is 0 Å². The van der Waals surface area contributed by atoms with Gasteiger partial charge in [-0.15, -0.1) is 11.3 Å². The summed E-state index contributed by atoms with van der Waals surface area (Å²) in [6.07, 6.45) is 1.14. The fourth-order valence-electron chi connectivity index (χ4n) is 1.80. The van der Waals surface area contributed by atoms with E-state index in [2.05, 4.69) is 46.0 Å². The molecular formula is C16H29NOS. The van der Waals surface area contributed by atoms with Gasteiger partial charge in [0.1, 0.15) is 0 Å². The van der Waals surface area contributed by atoms with Gasteiger partial charge in [0.25, 0.3) is 0 Å². The van der Waals surface area contributed by atoms with Crippen LogP contribution in [0.2, 0.25) is 0 Å². The van der Waals surface area contributed by atoms with Crippen molar-refractivity contribution >= 4 is 11.3 Å². The maximum absolute atomic E-state index is 5.75. The summed E-state index contributed by atoms with van der Waals surface area (Å²) in [5.41, 5.74) is 1.36. The molecule has 110 valence electrons. The van der Waals surface area contributed by atoms with Crippen molar-refractivity contribution in [2.45, 2.75) is 54.2 Å². The molecule has 1 rings (SSSR count). The van der Waals surface area contributed by atoms with Gasteiger partial charge in [0.2, 0.25) is 0 Å². The Morgan fingerprint density at radius 1 is 1.21 bits per heavy atom. The molecule has 19 heavy (non-hydrogen) atoms. The summed E-state index contributed by atoms with van der Waals surface area (Å²) < 4.78 is 5.75. The number of thiophene rings is 1. The van der Waals surface area contributed by atoms with E-state index in [1.54, 1.807) is 0 Å². The summed E-state index contributed by atoms with van der Waals surface area (Å²) in [5, 5.41) is 3.49. The molecule has 1 aromatic rings. The van der Waals surface area contributed by atoms with Crippen molar-refractivity contribution in [3.05, 3.63) is 21.4 Å². The van der Waals surface area contributed by atoms with Crippen LogP contribution in [0.3, 0.4) is 0 Å². The van der Waals surface area contributed by atoms with Gasteiger partial charge in [0.05, 0.1) is 6.61 Å². The SMILES string of the molecule is Cc1sc(CNCC(C)C)cc1COCCC(C)C. The molecule has 0 fully saturated rings. The van der Waals surface area contributed by atoms with Gasteiger partial charge in [-0.2, -0.15) is 0 Å². The molecule has 0 aromatic carbocycles. The highest BCUT2D eigenvalue weighted by Crippen LogP contribution is 2.22. The molecule has 0 aliphatic carbocycles. The first-order valence-electron chi connectivity index (χ1n) is 7.35. The lowest BCUT2D eigenvalue weighted by Gasteiger charge is -2.06. The lowest BCUT2D eigenvalue weighted by atomic mass is 10.1. The molecule has 1 N–H and O–H groups in total. The fraction of sp³-hybridized carbons (Fsp3) is 0.750. The molecule has 0 saturated carbocycles. The normalized spacial score (nSPS) is 11.7. The molecule has 0 aliphatic heterocycles. The van der Waals surface area contributed by atoms with Gasteiger partial charge in [0.15, 0.2) is 0 Å². The van der Waals surface area contributed by atoms with Crippen LogP contribution in [0.15, 0.2) is 6.07 Å². The van der Waals surface area contributed by atoms with E-state index >= 15 is 0 Å². The molecule has 0 amide bonds. The monoisotopic (exact) mass is 283 g/mol. The zero-order valence-electron chi connectivity index (χ0n) is 13.1. The average molecular weight is 283 g/mol. The van der Waals surface area contributed by atoms with E-state index < -0.39 is 0 Å². The third-order valence-electron chi connectivity index (χ3n) is 3.02. The number of hydrogen-bond donors (Lipinski definition) is 1. The van der Waals surface area contributed by atoms with E-state index in [0.29, 0.717) is 5.92 Å². The minimum Gasteiger partial charge on any atom is -0.377 e. The second-order valence-corrected chi connectivity index (χ2v) is 7.39. The van der Waals surface area contributed by atoms with Crippen LogP contribution in [0.1, 0.15) is 49.4 Å². The summed E-state index contributed by atoms with van der Waals surface area (Å²) in [6, 6.07) is 2.29. The maximum Gasteiger partial charge on any atom is 0.0727 e. The van der Waals surface area contributed by atoms with E-state index in [1.807, 2.05) is 11.3 Å². The van der Waals surface area contributed by atoms with Gasteiger partial charge in [-0.1, -0.05) is 27.7 Å². The highest BCUT2D eigenvalue weighted by atomic mass is 32.1. The standard InChI is InChI=1S/C16H29NOS/c1-12(2)6-7-18-11-15-8-16(19-14(15)5)10-17-9-13(3)4/h8,12-13,17H,6-7,9-11H2,1-5H3. The van der Waals surface area contributed by atoms with Crippen LogP contribution in [0.25, 0.3) is 0 Å². The lowest BCUT2D eigenvalue weighted by molar-refractivity contribution is 0.110. The highest BCUT2D eigenvalue weighted by Gasteiger charge is 2.06. The molecule has 0 saturated heterocycles. The van der Waals surface area contributed by atoms with Crippen LogP contribution in [-0.2, 0) is 17.9 Å². The molecule has 3 heteroatoms. The Kier molecular flexibility index (Phi) is 7.66. The van der Waals surface area contributed by atoms with Crippen molar-refractivity contribution in [1.29, 1.82) is 0 Å². The Balaban J connectivity index is 2.32. The molecular weight excluding hydrogens is 254 g/mol. The van der Waals surface area contributed by atoms with Gasteiger partial charge < -0.3 is 10.1 Å². The van der Waals surface area contributed by atoms with E-state index in [4.69, 9.17) is 4.74 Å². The molecule has 0 radical (unpaired) electrons. The lowest BCUT2D eigenvalue weighted by Crippen LogP contribution is -2.18. The number of ether oxygens (including phenoxy) is 1. The molecule has 0 aliphatic rings. The van der Waals surface area contributed by atoms with Crippen molar-refractivity contribution in [1.82, 2.24) is 5.32 Å². The van der Waals surface area contributed by atoms with Crippen molar-refractivity contribution in [3.63, 3.8) is 0 Å². The summed E-state index contributed by atoms with van der Waals surface area (Å²) in [7, 11) is 0. The Labute approximate surface area is 122 Å². The zero-order valence-corrected chi connectivity index (χ0v) is 13.9. The fourth-order valence-corrected chi connectivity index (χ4v) is 2.82. The Bertz CT molecular complexity index is 358. The van der Waals surface area contributed by atoms with E-state index in [1.165, 1.54) is 15.3 Å². The van der Waals surface area contributed by atoms with E-state index in [0.717, 1.165) is 38.6 Å². The maximum atomic E-state index is 5.75. The number of aryl methyl sites for hydroxylation is 1. The minimum absolute atomic E-state index is 0.708. The first kappa shape index (κ1) is 16.7. The predicted octanol–water partition coefficient (Wildman–Crippen LogP) is 4.36. The molecule has 0 atom stereocenters. The third-order valence-corrected chi connectivity index (χ3v) is 4.11. The second kappa shape index (κ2) is 8.72. The smallest absolute Gasteiger partial charge is 0.0727 e. The van der Waals surface area contributed by atoms with Crippen molar-refractivity contribution in [3.8, 4) is 0 Å². The second-order valence-electron chi connectivity index (χ2n) is 6.05. The van der Waals surface area contributed by atoms with Gasteiger partial charge in [0, 0.05) is 22.9 Å². The van der Waals surface area contributed by atoms with Crippen LogP contribution in [0, 0.1) is 18.8 Å². The van der Waals surface area contributed by atoms with Crippen LogP contribution in [0.5, 0.6) is 0 Å². The molecule has 0 spiro atoms. The highest BCUT2D eigenvalue weighted by molar-refractivity contribution is 7.12. The summed E-state index contributed by atoms with van der Waals surface area (Å²) >= 11 is 1.89. The average Bonchev–Trinajstić information content (AvgIpc) is 2.65. The van der Waals surface area contributed by atoms with Crippen LogP contribution in [-0.4, -0.2) is 13.2 Å². The Hall–Kier alpha value is -0.380. The minimum atomic E-state index is 0.708. The number of nitrogens with one attached hydrogen (secondary N) is 1. The predicted molar refractivity (Wildman–Crippen MR) is 84.7 cm³/mol. The number of rotatable bonds is 9. The zero-order chi connectivity index (χ0) is 14.3. The molecule has 1 aromatic heterocycles. The van der Waals surface area contributed by atoms with Gasteiger partial charge in [-0.05, 0) is 43.4 Å². The molecule has 1 heterocycles. The number of hydrogen-bond acceptors (Lipinski definition) is 3. The van der Waals surface area contributed by atoms with Gasteiger partial charge in [-0.3, -0.25) is 0 Å². The first-order valence-corrected chi connectivity index (χ1v) is 8.17. The Morgan fingerprint density at radius 2 is 1.95 bits per heavy atom. The topological polar surface area (TPSA) is 21.3 Å². The van der Waals surface area contributed by atoms with Crippen molar-refractivity contribution in [2.24, 2.45) is 11.8 Å². The van der Waals surface area contributed by atoms with E-state index in [-0.39, 0.29) is 0 Å². The van der Waals surface area contributed by atoms with Gasteiger partial charge in [-0.25, -0.2) is 0 Å². The van der Waals surface area contributed by atoms with Crippen LogP contribution < -0.4 is 5.32 Å². The van der Waals surface area contributed by atoms with Crippen molar-refractivity contribution < 1.29 is 4.74 Å². The molecule has 0 unspecified atom stereocenters.